The molecule has 0 bridgehead atoms. The average Bonchev–Trinajstić information content (AvgIpc) is 3.24. The zero-order chi connectivity index (χ0) is 15.7. The fourth-order valence-electron chi connectivity index (χ4n) is 4.27. The van der Waals surface area contributed by atoms with Gasteiger partial charge in [0.15, 0.2) is 9.84 Å². The van der Waals surface area contributed by atoms with Crippen molar-refractivity contribution >= 4 is 15.7 Å². The highest BCUT2D eigenvalue weighted by molar-refractivity contribution is 7.91. The van der Waals surface area contributed by atoms with Gasteiger partial charge < -0.3 is 4.90 Å². The molecule has 1 heterocycles. The fourth-order valence-corrected chi connectivity index (χ4v) is 6.14. The Balaban J connectivity index is 1.58. The van der Waals surface area contributed by atoms with Gasteiger partial charge in [-0.25, -0.2) is 8.42 Å². The van der Waals surface area contributed by atoms with Crippen LogP contribution in [0.1, 0.15) is 64.7 Å². The molecule has 3 rings (SSSR count). The van der Waals surface area contributed by atoms with E-state index in [1.54, 1.807) is 0 Å². The fraction of sp³-hybridized carbons (Fsp3) is 0.941. The molecule has 3 aliphatic rings. The largest absolute Gasteiger partial charge is 0.337 e. The third-order valence-electron chi connectivity index (χ3n) is 5.81. The normalized spacial score (nSPS) is 34.5. The van der Waals surface area contributed by atoms with Crippen molar-refractivity contribution in [2.24, 2.45) is 11.8 Å². The van der Waals surface area contributed by atoms with E-state index in [1.807, 2.05) is 0 Å². The van der Waals surface area contributed by atoms with Crippen molar-refractivity contribution in [1.29, 1.82) is 0 Å². The number of carbonyl (C=O) groups excluding carboxylic acids is 1. The second kappa shape index (κ2) is 6.50. The van der Waals surface area contributed by atoms with Crippen LogP contribution in [0.5, 0.6) is 0 Å². The van der Waals surface area contributed by atoms with E-state index >= 15 is 0 Å². The molecule has 1 unspecified atom stereocenters. The van der Waals surface area contributed by atoms with Gasteiger partial charge in [-0.1, -0.05) is 13.3 Å². The summed E-state index contributed by atoms with van der Waals surface area (Å²) in [6.45, 7) is 2.26. The summed E-state index contributed by atoms with van der Waals surface area (Å²) in [6.07, 6.45) is 9.44. The second-order valence-electron chi connectivity index (χ2n) is 7.59. The molecule has 2 aliphatic carbocycles. The highest BCUT2D eigenvalue weighted by Crippen LogP contribution is 2.37. The smallest absolute Gasteiger partial charge is 0.223 e. The third kappa shape index (κ3) is 3.84. The van der Waals surface area contributed by atoms with Crippen LogP contribution in [0.2, 0.25) is 0 Å². The molecule has 1 saturated heterocycles. The van der Waals surface area contributed by atoms with Gasteiger partial charge in [-0.2, -0.15) is 0 Å². The van der Waals surface area contributed by atoms with Crippen LogP contribution in [-0.2, 0) is 14.6 Å². The van der Waals surface area contributed by atoms with E-state index in [9.17, 15) is 13.2 Å². The summed E-state index contributed by atoms with van der Waals surface area (Å²) in [6, 6.07) is 0.870. The molecule has 0 N–H and O–H groups in total. The van der Waals surface area contributed by atoms with Gasteiger partial charge in [0, 0.05) is 18.5 Å². The van der Waals surface area contributed by atoms with Crippen LogP contribution < -0.4 is 0 Å². The van der Waals surface area contributed by atoms with E-state index in [1.165, 1.54) is 19.3 Å². The van der Waals surface area contributed by atoms with Gasteiger partial charge >= 0.3 is 0 Å². The lowest BCUT2D eigenvalue weighted by Crippen LogP contribution is -2.44. The molecule has 22 heavy (non-hydrogen) atoms. The molecule has 0 radical (unpaired) electrons. The van der Waals surface area contributed by atoms with E-state index < -0.39 is 9.84 Å². The molecule has 1 atom stereocenters. The number of sulfone groups is 1. The maximum Gasteiger partial charge on any atom is 0.223 e. The minimum absolute atomic E-state index is 0.0609. The Morgan fingerprint density at radius 1 is 0.955 bits per heavy atom. The average molecular weight is 327 g/mol. The van der Waals surface area contributed by atoms with Gasteiger partial charge in [-0.3, -0.25) is 4.79 Å². The van der Waals surface area contributed by atoms with Crippen molar-refractivity contribution in [3.05, 3.63) is 0 Å². The summed E-state index contributed by atoms with van der Waals surface area (Å²) in [5.41, 5.74) is 0. The van der Waals surface area contributed by atoms with Crippen LogP contribution in [0.15, 0.2) is 0 Å². The number of nitrogens with zero attached hydrogens (tertiary/aromatic N) is 1. The number of amides is 1. The number of rotatable bonds is 5. The molecule has 0 aromatic carbocycles. The van der Waals surface area contributed by atoms with E-state index in [0.717, 1.165) is 31.6 Å². The van der Waals surface area contributed by atoms with Gasteiger partial charge in [0.25, 0.3) is 0 Å². The van der Waals surface area contributed by atoms with Crippen molar-refractivity contribution in [2.45, 2.75) is 76.8 Å². The standard InChI is InChI=1S/C17H29NO3S/c1-2-13-3-5-15(6-4-13)18(16-7-8-16)17(19)11-14-9-10-22(20,21)12-14/h13-16H,2-12H2,1H3. The Morgan fingerprint density at radius 2 is 1.55 bits per heavy atom. The van der Waals surface area contributed by atoms with Crippen LogP contribution in [0.25, 0.3) is 0 Å². The Kier molecular flexibility index (Phi) is 4.81. The SMILES string of the molecule is CCC1CCC(N(C(=O)CC2CCS(=O)(=O)C2)C2CC2)CC1. The molecule has 4 nitrogen and oxygen atoms in total. The molecule has 1 aliphatic heterocycles. The predicted molar refractivity (Wildman–Crippen MR) is 87.3 cm³/mol. The molecule has 1 amide bonds. The van der Waals surface area contributed by atoms with E-state index in [2.05, 4.69) is 11.8 Å². The van der Waals surface area contributed by atoms with Gasteiger partial charge in [0.2, 0.25) is 5.91 Å². The van der Waals surface area contributed by atoms with Crippen LogP contribution in [0.4, 0.5) is 0 Å². The first-order valence-electron chi connectivity index (χ1n) is 9.00. The predicted octanol–water partition coefficient (Wildman–Crippen LogP) is 2.77. The summed E-state index contributed by atoms with van der Waals surface area (Å²) < 4.78 is 23.2. The Labute approximate surface area is 134 Å². The maximum atomic E-state index is 12.8. The summed E-state index contributed by atoms with van der Waals surface area (Å²) in [7, 11) is -2.88. The second-order valence-corrected chi connectivity index (χ2v) is 9.82. The van der Waals surface area contributed by atoms with Gasteiger partial charge in [0.05, 0.1) is 11.5 Å². The highest BCUT2D eigenvalue weighted by atomic mass is 32.2. The van der Waals surface area contributed by atoms with Gasteiger partial charge in [-0.15, -0.1) is 0 Å². The lowest BCUT2D eigenvalue weighted by Gasteiger charge is -2.37. The quantitative estimate of drug-likeness (QED) is 0.780. The molecular weight excluding hydrogens is 298 g/mol. The zero-order valence-corrected chi connectivity index (χ0v) is 14.5. The number of hydrogen-bond acceptors (Lipinski definition) is 3. The minimum Gasteiger partial charge on any atom is -0.337 e. The Hall–Kier alpha value is -0.580. The summed E-state index contributed by atoms with van der Waals surface area (Å²) in [5, 5.41) is 0. The molecule has 126 valence electrons. The van der Waals surface area contributed by atoms with E-state index in [4.69, 9.17) is 0 Å². The van der Waals surface area contributed by atoms with Crippen LogP contribution in [-0.4, -0.2) is 42.8 Å². The topological polar surface area (TPSA) is 54.5 Å². The number of carbonyl (C=O) groups is 1. The lowest BCUT2D eigenvalue weighted by molar-refractivity contribution is -0.136. The summed E-state index contributed by atoms with van der Waals surface area (Å²) >= 11 is 0. The van der Waals surface area contributed by atoms with E-state index in [-0.39, 0.29) is 23.3 Å². The molecule has 3 fully saturated rings. The third-order valence-corrected chi connectivity index (χ3v) is 7.64. The molecule has 0 aromatic rings. The summed E-state index contributed by atoms with van der Waals surface area (Å²) in [4.78, 5) is 14.9. The van der Waals surface area contributed by atoms with Crippen LogP contribution in [0.3, 0.4) is 0 Å². The molecule has 0 aromatic heterocycles. The first kappa shape index (κ1) is 16.3. The monoisotopic (exact) mass is 327 g/mol. The molecule has 5 heteroatoms. The van der Waals surface area contributed by atoms with Gasteiger partial charge in [0.1, 0.15) is 0 Å². The first-order chi connectivity index (χ1) is 10.5. The number of hydrogen-bond donors (Lipinski definition) is 0. The molecule has 2 saturated carbocycles. The Bertz CT molecular complexity index is 504. The van der Waals surface area contributed by atoms with Crippen molar-refractivity contribution in [3.63, 3.8) is 0 Å². The molecular formula is C17H29NO3S. The highest BCUT2D eigenvalue weighted by Gasteiger charge is 2.40. The van der Waals surface area contributed by atoms with Crippen molar-refractivity contribution < 1.29 is 13.2 Å². The summed E-state index contributed by atoms with van der Waals surface area (Å²) in [5.74, 6) is 1.62. The van der Waals surface area contributed by atoms with Crippen LogP contribution >= 0.6 is 0 Å². The molecule has 0 spiro atoms. The Morgan fingerprint density at radius 3 is 2.00 bits per heavy atom. The van der Waals surface area contributed by atoms with Crippen molar-refractivity contribution in [1.82, 2.24) is 4.90 Å². The van der Waals surface area contributed by atoms with Crippen molar-refractivity contribution in [3.8, 4) is 0 Å². The zero-order valence-electron chi connectivity index (χ0n) is 13.7. The van der Waals surface area contributed by atoms with Crippen LogP contribution in [0, 0.1) is 11.8 Å². The van der Waals surface area contributed by atoms with Gasteiger partial charge in [-0.05, 0) is 56.8 Å². The maximum absolute atomic E-state index is 12.8. The first-order valence-corrected chi connectivity index (χ1v) is 10.8. The van der Waals surface area contributed by atoms with E-state index in [0.29, 0.717) is 24.9 Å². The van der Waals surface area contributed by atoms with Crippen molar-refractivity contribution in [2.75, 3.05) is 11.5 Å². The lowest BCUT2D eigenvalue weighted by atomic mass is 9.83. The minimum atomic E-state index is -2.88.